The summed E-state index contributed by atoms with van der Waals surface area (Å²) in [7, 11) is 0. The van der Waals surface area contributed by atoms with Gasteiger partial charge in [0.05, 0.1) is 11.6 Å². The molecule has 1 rings (SSSR count). The first-order chi connectivity index (χ1) is 7.81. The maximum atomic E-state index is 9.00. The Balaban J connectivity index is 2.78. The molecular weight excluding hydrogens is 194 g/mol. The van der Waals surface area contributed by atoms with Crippen LogP contribution in [-0.4, -0.2) is 0 Å². The Morgan fingerprint density at radius 3 is 2.44 bits per heavy atom. The molecule has 0 saturated heterocycles. The van der Waals surface area contributed by atoms with Crippen LogP contribution in [0.15, 0.2) is 30.3 Å². The number of hydrogen-bond acceptors (Lipinski definition) is 1. The van der Waals surface area contributed by atoms with Gasteiger partial charge in [-0.2, -0.15) is 5.26 Å². The van der Waals surface area contributed by atoms with E-state index in [0.29, 0.717) is 0 Å². The molecule has 0 fully saturated rings. The molecule has 0 aliphatic heterocycles. The average Bonchev–Trinajstić information content (AvgIpc) is 2.34. The third-order valence-electron chi connectivity index (χ3n) is 2.61. The molecular formula is C15H19N. The number of allylic oxidation sites excluding steroid dienone is 2. The van der Waals surface area contributed by atoms with Crippen molar-refractivity contribution in [3.63, 3.8) is 0 Å². The molecule has 0 amide bonds. The van der Waals surface area contributed by atoms with Gasteiger partial charge in [0, 0.05) is 0 Å². The molecule has 1 heteroatoms. The molecule has 0 N–H and O–H groups in total. The van der Waals surface area contributed by atoms with Gasteiger partial charge < -0.3 is 0 Å². The van der Waals surface area contributed by atoms with E-state index in [0.717, 1.165) is 24.0 Å². The van der Waals surface area contributed by atoms with Crippen molar-refractivity contribution in [1.82, 2.24) is 0 Å². The molecule has 0 aliphatic rings. The Labute approximate surface area is 98.4 Å². The van der Waals surface area contributed by atoms with Crippen LogP contribution in [-0.2, 0) is 6.42 Å². The summed E-state index contributed by atoms with van der Waals surface area (Å²) in [5, 5.41) is 9.00. The Hall–Kier alpha value is -1.55. The molecule has 0 heterocycles. The molecule has 0 unspecified atom stereocenters. The third kappa shape index (κ3) is 3.55. The van der Waals surface area contributed by atoms with Crippen molar-refractivity contribution in [1.29, 1.82) is 5.26 Å². The second kappa shape index (κ2) is 6.85. The smallest absolute Gasteiger partial charge is 0.0994 e. The fourth-order valence-corrected chi connectivity index (χ4v) is 1.66. The molecule has 84 valence electrons. The van der Waals surface area contributed by atoms with E-state index in [1.54, 1.807) is 0 Å². The first kappa shape index (κ1) is 12.5. The lowest BCUT2D eigenvalue weighted by atomic mass is 10.0. The minimum Gasteiger partial charge on any atom is -0.192 e. The molecule has 0 aliphatic carbocycles. The normalized spacial score (nSPS) is 11.2. The van der Waals surface area contributed by atoms with Gasteiger partial charge in [0.2, 0.25) is 0 Å². The summed E-state index contributed by atoms with van der Waals surface area (Å²) in [4.78, 5) is 0. The predicted molar refractivity (Wildman–Crippen MR) is 68.9 cm³/mol. The lowest BCUT2D eigenvalue weighted by molar-refractivity contribution is 0.795. The van der Waals surface area contributed by atoms with Gasteiger partial charge in [-0.1, -0.05) is 50.6 Å². The molecule has 0 spiro atoms. The van der Waals surface area contributed by atoms with E-state index >= 15 is 0 Å². The zero-order chi connectivity index (χ0) is 11.8. The number of nitrogens with zero attached hydrogens (tertiary/aromatic N) is 1. The van der Waals surface area contributed by atoms with Crippen LogP contribution in [0.25, 0.3) is 5.57 Å². The van der Waals surface area contributed by atoms with E-state index in [1.807, 2.05) is 13.0 Å². The Kier molecular flexibility index (Phi) is 5.36. The molecule has 0 radical (unpaired) electrons. The van der Waals surface area contributed by atoms with E-state index in [9.17, 15) is 0 Å². The molecule has 0 atom stereocenters. The van der Waals surface area contributed by atoms with Crippen molar-refractivity contribution < 1.29 is 0 Å². The lowest BCUT2D eigenvalue weighted by Gasteiger charge is -2.02. The highest BCUT2D eigenvalue weighted by Crippen LogP contribution is 2.16. The first-order valence-electron chi connectivity index (χ1n) is 6.01. The summed E-state index contributed by atoms with van der Waals surface area (Å²) in [5.74, 6) is 0. The zero-order valence-corrected chi connectivity index (χ0v) is 10.2. The second-order valence-electron chi connectivity index (χ2n) is 3.94. The molecule has 0 saturated carbocycles. The van der Waals surface area contributed by atoms with Crippen molar-refractivity contribution in [2.45, 2.75) is 39.5 Å². The Morgan fingerprint density at radius 2 is 1.94 bits per heavy atom. The van der Waals surface area contributed by atoms with Crippen molar-refractivity contribution in [3.05, 3.63) is 41.5 Å². The number of rotatable bonds is 5. The summed E-state index contributed by atoms with van der Waals surface area (Å²) in [5.41, 5.74) is 3.17. The summed E-state index contributed by atoms with van der Waals surface area (Å²) < 4.78 is 0. The highest BCUT2D eigenvalue weighted by Gasteiger charge is 1.99. The van der Waals surface area contributed by atoms with Crippen LogP contribution in [0, 0.1) is 11.3 Å². The van der Waals surface area contributed by atoms with Crippen molar-refractivity contribution >= 4 is 5.57 Å². The van der Waals surface area contributed by atoms with Crippen LogP contribution < -0.4 is 0 Å². The highest BCUT2D eigenvalue weighted by molar-refractivity contribution is 5.76. The van der Waals surface area contributed by atoms with E-state index in [-0.39, 0.29) is 0 Å². The van der Waals surface area contributed by atoms with Crippen LogP contribution in [0.2, 0.25) is 0 Å². The Morgan fingerprint density at radius 1 is 1.25 bits per heavy atom. The van der Waals surface area contributed by atoms with Gasteiger partial charge in [0.15, 0.2) is 0 Å². The van der Waals surface area contributed by atoms with Crippen LogP contribution in [0.1, 0.15) is 44.2 Å². The fraction of sp³-hybridized carbons (Fsp3) is 0.400. The zero-order valence-electron chi connectivity index (χ0n) is 10.2. The maximum Gasteiger partial charge on any atom is 0.0994 e. The van der Waals surface area contributed by atoms with E-state index in [4.69, 9.17) is 5.26 Å². The number of hydrogen-bond donors (Lipinski definition) is 0. The topological polar surface area (TPSA) is 23.8 Å². The number of unbranched alkanes of at least 4 members (excludes halogenated alkanes) is 1. The van der Waals surface area contributed by atoms with Crippen LogP contribution in [0.4, 0.5) is 0 Å². The second-order valence-corrected chi connectivity index (χ2v) is 3.94. The van der Waals surface area contributed by atoms with E-state index < -0.39 is 0 Å². The Bertz CT molecular complexity index is 379. The molecule has 0 bridgehead atoms. The summed E-state index contributed by atoms with van der Waals surface area (Å²) in [6, 6.07) is 10.6. The van der Waals surface area contributed by atoms with Gasteiger partial charge in [-0.15, -0.1) is 0 Å². The van der Waals surface area contributed by atoms with Gasteiger partial charge >= 0.3 is 0 Å². The maximum absolute atomic E-state index is 9.00. The molecule has 16 heavy (non-hydrogen) atoms. The first-order valence-corrected chi connectivity index (χ1v) is 6.01. The van der Waals surface area contributed by atoms with E-state index in [1.165, 1.54) is 18.4 Å². The van der Waals surface area contributed by atoms with Crippen molar-refractivity contribution in [3.8, 4) is 6.07 Å². The monoisotopic (exact) mass is 213 g/mol. The van der Waals surface area contributed by atoms with Crippen LogP contribution in [0.3, 0.4) is 0 Å². The van der Waals surface area contributed by atoms with Crippen LogP contribution in [0.5, 0.6) is 0 Å². The van der Waals surface area contributed by atoms with Crippen molar-refractivity contribution in [2.75, 3.05) is 0 Å². The largest absolute Gasteiger partial charge is 0.192 e. The minimum absolute atomic E-state index is 0.782. The quantitative estimate of drug-likeness (QED) is 0.667. The van der Waals surface area contributed by atoms with Gasteiger partial charge in [-0.05, 0) is 30.4 Å². The summed E-state index contributed by atoms with van der Waals surface area (Å²) >= 11 is 0. The van der Waals surface area contributed by atoms with Crippen LogP contribution >= 0.6 is 0 Å². The van der Waals surface area contributed by atoms with Gasteiger partial charge in [-0.3, -0.25) is 0 Å². The SMILES string of the molecule is CC/C=C(\C#N)c1ccc(CCCC)cc1. The minimum atomic E-state index is 0.782. The number of nitriles is 1. The van der Waals surface area contributed by atoms with E-state index in [2.05, 4.69) is 37.3 Å². The van der Waals surface area contributed by atoms with Gasteiger partial charge in [0.25, 0.3) is 0 Å². The average molecular weight is 213 g/mol. The third-order valence-corrected chi connectivity index (χ3v) is 2.61. The standard InChI is InChI=1S/C15H19N/c1-3-5-7-13-8-10-14(11-9-13)15(12-16)6-4-2/h6,8-11H,3-5,7H2,1-2H3/b15-6+. The van der Waals surface area contributed by atoms with Gasteiger partial charge in [0.1, 0.15) is 0 Å². The molecule has 1 aromatic rings. The van der Waals surface area contributed by atoms with Gasteiger partial charge in [-0.25, -0.2) is 0 Å². The predicted octanol–water partition coefficient (Wildman–Crippen LogP) is 4.35. The molecule has 1 nitrogen and oxygen atoms in total. The van der Waals surface area contributed by atoms with Crippen molar-refractivity contribution in [2.24, 2.45) is 0 Å². The fourth-order valence-electron chi connectivity index (χ4n) is 1.66. The number of benzene rings is 1. The molecule has 1 aromatic carbocycles. The number of aryl methyl sites for hydroxylation is 1. The molecule has 0 aromatic heterocycles. The summed E-state index contributed by atoms with van der Waals surface area (Å²) in [6.07, 6.45) is 6.47. The highest BCUT2D eigenvalue weighted by atomic mass is 14.2. The summed E-state index contributed by atoms with van der Waals surface area (Å²) in [6.45, 7) is 4.25. The lowest BCUT2D eigenvalue weighted by Crippen LogP contribution is -1.86.